The average molecular weight is 359 g/mol. The molecule has 5 nitrogen and oxygen atoms in total. The molecule has 0 amide bonds. The number of hydrogen-bond donors (Lipinski definition) is 0. The second-order valence-corrected chi connectivity index (χ2v) is 6.49. The summed E-state index contributed by atoms with van der Waals surface area (Å²) in [6, 6.07) is 12.1. The highest BCUT2D eigenvalue weighted by atomic mass is 16.5. The first-order chi connectivity index (χ1) is 13.1. The van der Waals surface area contributed by atoms with E-state index in [0.717, 1.165) is 39.7 Å². The van der Waals surface area contributed by atoms with Gasteiger partial charge in [0.1, 0.15) is 11.5 Å². The Hall–Kier alpha value is -3.34. The van der Waals surface area contributed by atoms with E-state index in [1.54, 1.807) is 20.4 Å². The van der Waals surface area contributed by atoms with Crippen LogP contribution in [0.2, 0.25) is 0 Å². The quantitative estimate of drug-likeness (QED) is 0.530. The summed E-state index contributed by atoms with van der Waals surface area (Å²) >= 11 is 0. The van der Waals surface area contributed by atoms with Crippen molar-refractivity contribution in [1.82, 2.24) is 14.4 Å². The molecule has 0 radical (unpaired) electrons. The van der Waals surface area contributed by atoms with Gasteiger partial charge in [-0.05, 0) is 37.1 Å². The normalized spacial score (nSPS) is 11.0. The van der Waals surface area contributed by atoms with Crippen LogP contribution in [0.3, 0.4) is 0 Å². The molecule has 2 aromatic heterocycles. The van der Waals surface area contributed by atoms with Gasteiger partial charge in [0.05, 0.1) is 38.0 Å². The van der Waals surface area contributed by atoms with Gasteiger partial charge in [0.15, 0.2) is 5.65 Å². The van der Waals surface area contributed by atoms with Crippen LogP contribution in [0.5, 0.6) is 11.5 Å². The molecule has 136 valence electrons. The summed E-state index contributed by atoms with van der Waals surface area (Å²) in [5.74, 6) is 1.48. The molecule has 0 unspecified atom stereocenters. The minimum atomic E-state index is 0.739. The minimum Gasteiger partial charge on any atom is -0.497 e. The van der Waals surface area contributed by atoms with Gasteiger partial charge in [-0.1, -0.05) is 18.2 Å². The Bertz CT molecular complexity index is 1110. The van der Waals surface area contributed by atoms with E-state index in [-0.39, 0.29) is 0 Å². The maximum atomic E-state index is 5.41. The van der Waals surface area contributed by atoms with Crippen LogP contribution in [0.1, 0.15) is 11.1 Å². The van der Waals surface area contributed by atoms with Crippen LogP contribution in [-0.2, 0) is 0 Å². The summed E-state index contributed by atoms with van der Waals surface area (Å²) in [6.45, 7) is 4.24. The summed E-state index contributed by atoms with van der Waals surface area (Å²) in [5.41, 5.74) is 7.23. The second-order valence-electron chi connectivity index (χ2n) is 6.49. The monoisotopic (exact) mass is 359 g/mol. The third-order valence-corrected chi connectivity index (χ3v) is 4.92. The van der Waals surface area contributed by atoms with Crippen molar-refractivity contribution in [3.8, 4) is 34.0 Å². The third kappa shape index (κ3) is 3.01. The molecule has 0 aliphatic heterocycles. The number of imidazole rings is 1. The van der Waals surface area contributed by atoms with Gasteiger partial charge in [-0.25, -0.2) is 4.98 Å². The zero-order valence-electron chi connectivity index (χ0n) is 15.9. The molecule has 0 spiro atoms. The van der Waals surface area contributed by atoms with Crippen LogP contribution >= 0.6 is 0 Å². The fourth-order valence-electron chi connectivity index (χ4n) is 3.23. The Kier molecular flexibility index (Phi) is 4.28. The number of ether oxygens (including phenoxy) is 2. The van der Waals surface area contributed by atoms with Gasteiger partial charge >= 0.3 is 0 Å². The van der Waals surface area contributed by atoms with Crippen molar-refractivity contribution < 1.29 is 9.47 Å². The Morgan fingerprint density at radius 2 is 1.63 bits per heavy atom. The van der Waals surface area contributed by atoms with Crippen LogP contribution in [0.25, 0.3) is 28.2 Å². The number of aryl methyl sites for hydroxylation is 1. The maximum absolute atomic E-state index is 5.41. The van der Waals surface area contributed by atoms with E-state index in [1.165, 1.54) is 11.1 Å². The zero-order chi connectivity index (χ0) is 19.0. The number of fused-ring (bicyclic) bond motifs is 1. The number of nitrogens with zero attached hydrogens (tertiary/aromatic N) is 3. The molecule has 0 atom stereocenters. The lowest BCUT2D eigenvalue weighted by atomic mass is 10.0. The molecule has 5 heteroatoms. The summed E-state index contributed by atoms with van der Waals surface area (Å²) < 4.78 is 12.9. The molecule has 0 N–H and O–H groups in total. The van der Waals surface area contributed by atoms with Gasteiger partial charge in [0.25, 0.3) is 0 Å². The molecule has 0 saturated carbocycles. The van der Waals surface area contributed by atoms with E-state index in [4.69, 9.17) is 9.47 Å². The van der Waals surface area contributed by atoms with Crippen molar-refractivity contribution in [3.63, 3.8) is 0 Å². The van der Waals surface area contributed by atoms with Crippen molar-refractivity contribution in [2.24, 2.45) is 0 Å². The summed E-state index contributed by atoms with van der Waals surface area (Å²) in [7, 11) is 3.30. The van der Waals surface area contributed by atoms with Crippen molar-refractivity contribution in [1.29, 1.82) is 0 Å². The van der Waals surface area contributed by atoms with Gasteiger partial charge in [0.2, 0.25) is 0 Å². The first-order valence-corrected chi connectivity index (χ1v) is 8.74. The van der Waals surface area contributed by atoms with Crippen LogP contribution in [-0.4, -0.2) is 28.6 Å². The fourth-order valence-corrected chi connectivity index (χ4v) is 3.23. The molecule has 0 aliphatic rings. The first kappa shape index (κ1) is 17.1. The Morgan fingerprint density at radius 1 is 0.889 bits per heavy atom. The maximum Gasteiger partial charge on any atom is 0.155 e. The SMILES string of the molecule is COc1cc(OC)cc(-c2cnc3cnc(-c4cccc(C)c4C)cn23)c1. The van der Waals surface area contributed by atoms with E-state index in [1.807, 2.05) is 30.6 Å². The summed E-state index contributed by atoms with van der Waals surface area (Å²) in [5, 5.41) is 0. The second kappa shape index (κ2) is 6.76. The van der Waals surface area contributed by atoms with Crippen molar-refractivity contribution in [2.75, 3.05) is 14.2 Å². The number of aromatic nitrogens is 3. The molecule has 0 saturated heterocycles. The Morgan fingerprint density at radius 3 is 2.33 bits per heavy atom. The van der Waals surface area contributed by atoms with Crippen molar-refractivity contribution in [3.05, 3.63) is 66.1 Å². The van der Waals surface area contributed by atoms with Gasteiger partial charge < -0.3 is 9.47 Å². The predicted molar refractivity (Wildman–Crippen MR) is 106 cm³/mol. The van der Waals surface area contributed by atoms with Gasteiger partial charge in [-0.3, -0.25) is 9.38 Å². The summed E-state index contributed by atoms with van der Waals surface area (Å²) in [6.07, 6.45) is 5.68. The molecule has 4 rings (SSSR count). The molecule has 4 aromatic rings. The van der Waals surface area contributed by atoms with Gasteiger partial charge in [-0.2, -0.15) is 0 Å². The molecular weight excluding hydrogens is 338 g/mol. The number of hydrogen-bond acceptors (Lipinski definition) is 4. The molecule has 2 heterocycles. The largest absolute Gasteiger partial charge is 0.497 e. The van der Waals surface area contributed by atoms with Crippen molar-refractivity contribution >= 4 is 5.65 Å². The Labute approximate surface area is 158 Å². The van der Waals surface area contributed by atoms with Gasteiger partial charge in [0, 0.05) is 23.4 Å². The highest BCUT2D eigenvalue weighted by Gasteiger charge is 2.12. The molecular formula is C22H21N3O2. The van der Waals surface area contributed by atoms with Crippen LogP contribution < -0.4 is 9.47 Å². The third-order valence-electron chi connectivity index (χ3n) is 4.92. The van der Waals surface area contributed by atoms with Crippen LogP contribution in [0.4, 0.5) is 0 Å². The zero-order valence-corrected chi connectivity index (χ0v) is 15.9. The van der Waals surface area contributed by atoms with Gasteiger partial charge in [-0.15, -0.1) is 0 Å². The first-order valence-electron chi connectivity index (χ1n) is 8.74. The fraction of sp³-hybridized carbons (Fsp3) is 0.182. The smallest absolute Gasteiger partial charge is 0.155 e. The van der Waals surface area contributed by atoms with E-state index in [0.29, 0.717) is 0 Å². The molecule has 2 aromatic carbocycles. The Balaban J connectivity index is 1.90. The van der Waals surface area contributed by atoms with Crippen molar-refractivity contribution in [2.45, 2.75) is 13.8 Å². The van der Waals surface area contributed by atoms with E-state index >= 15 is 0 Å². The van der Waals surface area contributed by atoms with Crippen LogP contribution in [0.15, 0.2) is 55.0 Å². The lowest BCUT2D eigenvalue weighted by Crippen LogP contribution is -1.96. The molecule has 0 bridgehead atoms. The predicted octanol–water partition coefficient (Wildman–Crippen LogP) is 4.70. The number of rotatable bonds is 4. The highest BCUT2D eigenvalue weighted by molar-refractivity contribution is 5.70. The lowest BCUT2D eigenvalue weighted by Gasteiger charge is -2.11. The number of benzene rings is 2. The molecule has 0 fully saturated rings. The van der Waals surface area contributed by atoms with E-state index < -0.39 is 0 Å². The molecule has 27 heavy (non-hydrogen) atoms. The lowest BCUT2D eigenvalue weighted by molar-refractivity contribution is 0.394. The standard InChI is InChI=1S/C22H21N3O2/c1-14-6-5-7-19(15(14)2)20-13-25-21(11-24-22(25)12-23-20)16-8-17(26-3)10-18(9-16)27-4/h5-13H,1-4H3. The minimum absolute atomic E-state index is 0.739. The van der Waals surface area contributed by atoms with E-state index in [2.05, 4.69) is 46.4 Å². The highest BCUT2D eigenvalue weighted by Crippen LogP contribution is 2.31. The topological polar surface area (TPSA) is 48.7 Å². The van der Waals surface area contributed by atoms with E-state index in [9.17, 15) is 0 Å². The average Bonchev–Trinajstić information content (AvgIpc) is 3.12. The summed E-state index contributed by atoms with van der Waals surface area (Å²) in [4.78, 5) is 9.12. The van der Waals surface area contributed by atoms with Crippen LogP contribution in [0, 0.1) is 13.8 Å². The number of methoxy groups -OCH3 is 2. The molecule has 0 aliphatic carbocycles.